The van der Waals surface area contributed by atoms with E-state index in [2.05, 4.69) is 31.2 Å². The summed E-state index contributed by atoms with van der Waals surface area (Å²) in [5.41, 5.74) is 0.838. The molecule has 8 heteroatoms. The van der Waals surface area contributed by atoms with Gasteiger partial charge in [-0.3, -0.25) is 5.10 Å². The Labute approximate surface area is 129 Å². The van der Waals surface area contributed by atoms with Crippen molar-refractivity contribution in [3.8, 4) is 11.5 Å². The molecule has 2 aromatic rings. The highest BCUT2D eigenvalue weighted by atomic mass is 79.9. The molecule has 0 amide bonds. The van der Waals surface area contributed by atoms with Crippen molar-refractivity contribution in [3.05, 3.63) is 32.8 Å². The van der Waals surface area contributed by atoms with Gasteiger partial charge >= 0.3 is 0 Å². The summed E-state index contributed by atoms with van der Waals surface area (Å²) in [6, 6.07) is 3.65. The van der Waals surface area contributed by atoms with Crippen LogP contribution in [-0.4, -0.2) is 35.3 Å². The second kappa shape index (κ2) is 6.19. The minimum Gasteiger partial charge on any atom is -0.493 e. The Bertz CT molecular complexity index is 708. The third kappa shape index (κ3) is 2.91. The highest BCUT2D eigenvalue weighted by molar-refractivity contribution is 9.10. The van der Waals surface area contributed by atoms with E-state index >= 15 is 0 Å². The SMILES string of the molecule is COc1cc(Br)c(/C=N/n2c(C)n[nH]c2=S)cc1OC. The Balaban J connectivity index is 2.41. The molecule has 0 bridgehead atoms. The maximum absolute atomic E-state index is 5.26. The lowest BCUT2D eigenvalue weighted by Gasteiger charge is -2.09. The number of rotatable bonds is 4. The van der Waals surface area contributed by atoms with Crippen LogP contribution in [0, 0.1) is 11.7 Å². The number of aromatic amines is 1. The third-order valence-corrected chi connectivity index (χ3v) is 3.58. The van der Waals surface area contributed by atoms with Crippen molar-refractivity contribution in [1.29, 1.82) is 0 Å². The van der Waals surface area contributed by atoms with Crippen molar-refractivity contribution in [2.45, 2.75) is 6.92 Å². The van der Waals surface area contributed by atoms with Crippen LogP contribution in [0.5, 0.6) is 11.5 Å². The predicted molar refractivity (Wildman–Crippen MR) is 82.4 cm³/mol. The first-order valence-electron chi connectivity index (χ1n) is 5.66. The van der Waals surface area contributed by atoms with Gasteiger partial charge in [0.25, 0.3) is 0 Å². The number of nitrogens with one attached hydrogen (secondary N) is 1. The summed E-state index contributed by atoms with van der Waals surface area (Å²) in [5.74, 6) is 1.96. The minimum atomic E-state index is 0.440. The number of H-pyrrole nitrogens is 1. The molecule has 0 aliphatic rings. The van der Waals surface area contributed by atoms with E-state index in [1.54, 1.807) is 25.1 Å². The number of nitrogens with zero attached hydrogens (tertiary/aromatic N) is 3. The highest BCUT2D eigenvalue weighted by Crippen LogP contribution is 2.32. The molecule has 1 heterocycles. The Kier molecular flexibility index (Phi) is 4.56. The quantitative estimate of drug-likeness (QED) is 0.675. The Hall–Kier alpha value is -1.67. The molecule has 20 heavy (non-hydrogen) atoms. The van der Waals surface area contributed by atoms with Gasteiger partial charge in [0.15, 0.2) is 11.5 Å². The summed E-state index contributed by atoms with van der Waals surface area (Å²) in [6.45, 7) is 1.81. The third-order valence-electron chi connectivity index (χ3n) is 2.63. The van der Waals surface area contributed by atoms with Gasteiger partial charge in [0.05, 0.1) is 20.4 Å². The first-order chi connectivity index (χ1) is 9.56. The topological polar surface area (TPSA) is 64.4 Å². The van der Waals surface area contributed by atoms with E-state index in [0.29, 0.717) is 22.1 Å². The van der Waals surface area contributed by atoms with Crippen molar-refractivity contribution in [3.63, 3.8) is 0 Å². The van der Waals surface area contributed by atoms with Gasteiger partial charge in [0, 0.05) is 10.0 Å². The van der Waals surface area contributed by atoms with E-state index in [4.69, 9.17) is 21.7 Å². The molecule has 1 aromatic carbocycles. The number of hydrogen-bond acceptors (Lipinski definition) is 5. The zero-order valence-corrected chi connectivity index (χ0v) is 13.6. The first kappa shape index (κ1) is 14.7. The fourth-order valence-corrected chi connectivity index (χ4v) is 2.24. The first-order valence-corrected chi connectivity index (χ1v) is 6.87. The zero-order chi connectivity index (χ0) is 14.7. The molecular formula is C12H13BrN4O2S. The van der Waals surface area contributed by atoms with Crippen LogP contribution in [0.25, 0.3) is 0 Å². The molecule has 0 spiro atoms. The van der Waals surface area contributed by atoms with E-state index in [0.717, 1.165) is 10.0 Å². The lowest BCUT2D eigenvalue weighted by molar-refractivity contribution is 0.354. The number of methoxy groups -OCH3 is 2. The fraction of sp³-hybridized carbons (Fsp3) is 0.250. The average Bonchev–Trinajstić information content (AvgIpc) is 2.76. The van der Waals surface area contributed by atoms with Crippen LogP contribution in [0.2, 0.25) is 0 Å². The number of hydrogen-bond donors (Lipinski definition) is 1. The largest absolute Gasteiger partial charge is 0.493 e. The van der Waals surface area contributed by atoms with Crippen molar-refractivity contribution >= 4 is 34.4 Å². The Morgan fingerprint density at radius 1 is 1.35 bits per heavy atom. The van der Waals surface area contributed by atoms with Crippen LogP contribution < -0.4 is 9.47 Å². The second-order valence-electron chi connectivity index (χ2n) is 3.86. The molecule has 0 unspecified atom stereocenters. The molecule has 1 N–H and O–H groups in total. The molecule has 0 atom stereocenters. The zero-order valence-electron chi connectivity index (χ0n) is 11.2. The summed E-state index contributed by atoms with van der Waals surface area (Å²) in [6.07, 6.45) is 1.67. The number of ether oxygens (including phenoxy) is 2. The van der Waals surface area contributed by atoms with E-state index in [1.165, 1.54) is 0 Å². The lowest BCUT2D eigenvalue weighted by Crippen LogP contribution is -1.96. The molecule has 0 saturated carbocycles. The molecule has 0 radical (unpaired) electrons. The van der Waals surface area contributed by atoms with Gasteiger partial charge in [-0.05, 0) is 47.2 Å². The highest BCUT2D eigenvalue weighted by Gasteiger charge is 2.08. The summed E-state index contributed by atoms with van der Waals surface area (Å²) in [5, 5.41) is 11.0. The summed E-state index contributed by atoms with van der Waals surface area (Å²) < 4.78 is 13.3. The second-order valence-corrected chi connectivity index (χ2v) is 5.10. The molecule has 1 aromatic heterocycles. The summed E-state index contributed by atoms with van der Waals surface area (Å²) in [4.78, 5) is 0. The van der Waals surface area contributed by atoms with Gasteiger partial charge in [-0.25, -0.2) is 0 Å². The van der Waals surface area contributed by atoms with E-state index in [9.17, 15) is 0 Å². The van der Waals surface area contributed by atoms with Crippen LogP contribution in [0.4, 0.5) is 0 Å². The van der Waals surface area contributed by atoms with Crippen molar-refractivity contribution in [2.24, 2.45) is 5.10 Å². The average molecular weight is 357 g/mol. The fourth-order valence-electron chi connectivity index (χ4n) is 1.60. The Morgan fingerprint density at radius 2 is 2.00 bits per heavy atom. The maximum Gasteiger partial charge on any atom is 0.216 e. The van der Waals surface area contributed by atoms with Crippen LogP contribution in [0.15, 0.2) is 21.7 Å². The Morgan fingerprint density at radius 3 is 2.55 bits per heavy atom. The van der Waals surface area contributed by atoms with E-state index in [1.807, 2.05) is 19.1 Å². The number of benzene rings is 1. The van der Waals surface area contributed by atoms with Gasteiger partial charge < -0.3 is 9.47 Å². The monoisotopic (exact) mass is 356 g/mol. The van der Waals surface area contributed by atoms with Gasteiger partial charge in [0.2, 0.25) is 4.77 Å². The molecular weight excluding hydrogens is 344 g/mol. The number of aromatic nitrogens is 3. The molecule has 0 saturated heterocycles. The smallest absolute Gasteiger partial charge is 0.216 e. The van der Waals surface area contributed by atoms with Crippen LogP contribution in [-0.2, 0) is 0 Å². The molecule has 106 valence electrons. The van der Waals surface area contributed by atoms with Crippen LogP contribution in [0.3, 0.4) is 0 Å². The van der Waals surface area contributed by atoms with Crippen LogP contribution >= 0.6 is 28.1 Å². The molecule has 0 aliphatic carbocycles. The maximum atomic E-state index is 5.26. The van der Waals surface area contributed by atoms with Gasteiger partial charge in [-0.15, -0.1) is 0 Å². The van der Waals surface area contributed by atoms with Gasteiger partial charge in [0.1, 0.15) is 5.82 Å². The normalized spacial score (nSPS) is 11.0. The minimum absolute atomic E-state index is 0.440. The standard InChI is InChI=1S/C12H13BrN4O2S/c1-7-15-16-12(20)17(7)14-6-8-4-10(18-2)11(19-3)5-9(8)13/h4-6H,1-3H3,(H,16,20)/b14-6+. The summed E-state index contributed by atoms with van der Waals surface area (Å²) >= 11 is 8.55. The molecule has 0 fully saturated rings. The van der Waals surface area contributed by atoms with Gasteiger partial charge in [-0.2, -0.15) is 14.9 Å². The van der Waals surface area contributed by atoms with Crippen molar-refractivity contribution < 1.29 is 9.47 Å². The van der Waals surface area contributed by atoms with Crippen LogP contribution in [0.1, 0.15) is 11.4 Å². The molecule has 0 aliphatic heterocycles. The van der Waals surface area contributed by atoms with E-state index in [-0.39, 0.29) is 0 Å². The summed E-state index contributed by atoms with van der Waals surface area (Å²) in [7, 11) is 3.18. The van der Waals surface area contributed by atoms with E-state index < -0.39 is 0 Å². The predicted octanol–water partition coefficient (Wildman–Crippen LogP) is 2.91. The molecule has 6 nitrogen and oxygen atoms in total. The molecule has 2 rings (SSSR count). The van der Waals surface area contributed by atoms with Gasteiger partial charge in [-0.1, -0.05) is 0 Å². The number of halogens is 1. The number of aryl methyl sites for hydroxylation is 1. The van der Waals surface area contributed by atoms with Crippen molar-refractivity contribution in [1.82, 2.24) is 14.9 Å². The van der Waals surface area contributed by atoms with Crippen molar-refractivity contribution in [2.75, 3.05) is 14.2 Å². The lowest BCUT2D eigenvalue weighted by atomic mass is 10.2.